The van der Waals surface area contributed by atoms with Crippen LogP contribution in [-0.2, 0) is 4.74 Å². The molecule has 4 bridgehead atoms. The Labute approximate surface area is 187 Å². The van der Waals surface area contributed by atoms with Gasteiger partial charge >= 0.3 is 0 Å². The maximum absolute atomic E-state index is 9.60. The summed E-state index contributed by atoms with van der Waals surface area (Å²) in [6.07, 6.45) is 21.1. The van der Waals surface area contributed by atoms with Crippen LogP contribution >= 0.6 is 47.8 Å². The van der Waals surface area contributed by atoms with E-state index in [9.17, 15) is 5.11 Å². The standard InChI is InChI=1S/C11H13BrO.C10H12O.CH2Br2/c12-6-13-10-4-3-9-7-1-2-8(5-7)11(9)10;11-9-4-3-8-6-1-2-7(5-6)10(8)9;2-1-3/h1-4,7-11H,5-6H2;1-4,6-11H,5H2;1H2/t7?,8?,9?,10-,11?;6?,7?,8?,9-,10?;/m11./s1. The maximum Gasteiger partial charge on any atom is 0.102 e. The van der Waals surface area contributed by atoms with E-state index in [0.29, 0.717) is 29.4 Å². The van der Waals surface area contributed by atoms with Gasteiger partial charge in [-0.15, -0.1) is 0 Å². The van der Waals surface area contributed by atoms with Crippen molar-refractivity contribution in [3.05, 3.63) is 48.6 Å². The molecule has 0 aromatic carbocycles. The molecular formula is C22H27Br3O2. The number of hydrogen-bond donors (Lipinski definition) is 1. The first kappa shape index (κ1) is 20.6. The minimum Gasteiger partial charge on any atom is -0.389 e. The molecule has 0 saturated heterocycles. The highest BCUT2D eigenvalue weighted by Gasteiger charge is 2.49. The average Bonchev–Trinajstić information content (AvgIpc) is 3.46. The lowest BCUT2D eigenvalue weighted by Crippen LogP contribution is -2.26. The largest absolute Gasteiger partial charge is 0.389 e. The first-order valence-electron chi connectivity index (χ1n) is 9.88. The van der Waals surface area contributed by atoms with Gasteiger partial charge in [-0.05, 0) is 48.3 Å². The summed E-state index contributed by atoms with van der Waals surface area (Å²) >= 11 is 9.46. The monoisotopic (exact) mass is 560 g/mol. The lowest BCUT2D eigenvalue weighted by molar-refractivity contribution is 0.0684. The number of fused-ring (bicyclic) bond motifs is 10. The number of hydrogen-bond acceptors (Lipinski definition) is 2. The van der Waals surface area contributed by atoms with Crippen molar-refractivity contribution >= 4 is 47.8 Å². The molecule has 148 valence electrons. The Morgan fingerprint density at radius 3 is 1.81 bits per heavy atom. The van der Waals surface area contributed by atoms with E-state index < -0.39 is 0 Å². The summed E-state index contributed by atoms with van der Waals surface area (Å²) in [7, 11) is 0. The zero-order valence-electron chi connectivity index (χ0n) is 15.2. The average molecular weight is 563 g/mol. The van der Waals surface area contributed by atoms with Gasteiger partial charge in [-0.3, -0.25) is 0 Å². The second-order valence-corrected chi connectivity index (χ2v) is 11.4. The van der Waals surface area contributed by atoms with Gasteiger partial charge in [-0.25, -0.2) is 0 Å². The Kier molecular flexibility index (Phi) is 6.86. The van der Waals surface area contributed by atoms with Crippen molar-refractivity contribution in [1.29, 1.82) is 0 Å². The summed E-state index contributed by atoms with van der Waals surface area (Å²) in [5.41, 5.74) is 0.659. The number of aliphatic hydroxyl groups excluding tert-OH is 1. The molecule has 2 saturated carbocycles. The van der Waals surface area contributed by atoms with E-state index in [1.54, 1.807) is 0 Å². The van der Waals surface area contributed by atoms with Crippen LogP contribution in [0.25, 0.3) is 0 Å². The second-order valence-electron chi connectivity index (χ2n) is 8.31. The van der Waals surface area contributed by atoms with Gasteiger partial charge in [0.15, 0.2) is 0 Å². The van der Waals surface area contributed by atoms with Crippen LogP contribution in [0.3, 0.4) is 0 Å². The van der Waals surface area contributed by atoms with Crippen molar-refractivity contribution < 1.29 is 9.84 Å². The molecule has 0 aromatic rings. The fraction of sp³-hybridized carbons (Fsp3) is 0.636. The Hall–Kier alpha value is 0.320. The Morgan fingerprint density at radius 1 is 0.704 bits per heavy atom. The van der Waals surface area contributed by atoms with Crippen molar-refractivity contribution in [3.63, 3.8) is 0 Å². The molecule has 0 aliphatic heterocycles. The van der Waals surface area contributed by atoms with Gasteiger partial charge in [0, 0.05) is 11.8 Å². The van der Waals surface area contributed by atoms with E-state index in [0.717, 1.165) is 33.8 Å². The van der Waals surface area contributed by atoms with Gasteiger partial charge < -0.3 is 9.84 Å². The number of aliphatic hydroxyl groups is 1. The van der Waals surface area contributed by atoms with Crippen LogP contribution in [0.4, 0.5) is 0 Å². The molecule has 1 N–H and O–H groups in total. The molecular weight excluding hydrogens is 536 g/mol. The van der Waals surface area contributed by atoms with Crippen molar-refractivity contribution in [2.45, 2.75) is 25.0 Å². The third kappa shape index (κ3) is 3.88. The number of allylic oxidation sites excluding steroid dienone is 6. The van der Waals surface area contributed by atoms with Gasteiger partial charge in [0.2, 0.25) is 0 Å². The highest BCUT2D eigenvalue weighted by Crippen LogP contribution is 2.54. The molecule has 27 heavy (non-hydrogen) atoms. The topological polar surface area (TPSA) is 29.5 Å². The van der Waals surface area contributed by atoms with Crippen LogP contribution in [0, 0.1) is 47.3 Å². The minimum atomic E-state index is -0.153. The summed E-state index contributed by atoms with van der Waals surface area (Å²) < 4.78 is 6.54. The van der Waals surface area contributed by atoms with Gasteiger partial charge in [0.1, 0.15) is 5.52 Å². The van der Waals surface area contributed by atoms with Gasteiger partial charge in [0.25, 0.3) is 0 Å². The molecule has 0 spiro atoms. The summed E-state index contributed by atoms with van der Waals surface area (Å²) in [6.45, 7) is 0. The third-order valence-corrected chi connectivity index (χ3v) is 7.51. The molecule has 8 unspecified atom stereocenters. The van der Waals surface area contributed by atoms with E-state index in [2.05, 4.69) is 90.3 Å². The summed E-state index contributed by atoms with van der Waals surface area (Å²) in [5, 5.41) is 9.60. The molecule has 6 aliphatic rings. The normalized spacial score (nSPS) is 48.3. The molecule has 0 heterocycles. The molecule has 5 heteroatoms. The third-order valence-electron chi connectivity index (χ3n) is 7.25. The van der Waals surface area contributed by atoms with E-state index in [1.807, 2.05) is 6.08 Å². The first-order valence-corrected chi connectivity index (χ1v) is 13.2. The molecule has 10 atom stereocenters. The molecule has 2 nitrogen and oxygen atoms in total. The van der Waals surface area contributed by atoms with E-state index in [-0.39, 0.29) is 6.10 Å². The van der Waals surface area contributed by atoms with Crippen molar-refractivity contribution in [1.82, 2.24) is 0 Å². The smallest absolute Gasteiger partial charge is 0.102 e. The van der Waals surface area contributed by atoms with Crippen LogP contribution in [0.1, 0.15) is 12.8 Å². The van der Waals surface area contributed by atoms with E-state index >= 15 is 0 Å². The first-order chi connectivity index (χ1) is 13.2. The zero-order valence-corrected chi connectivity index (χ0v) is 20.0. The second kappa shape index (κ2) is 8.99. The predicted molar refractivity (Wildman–Crippen MR) is 121 cm³/mol. The van der Waals surface area contributed by atoms with Gasteiger partial charge in [0.05, 0.1) is 16.4 Å². The van der Waals surface area contributed by atoms with Crippen LogP contribution in [-0.4, -0.2) is 27.1 Å². The molecule has 6 aliphatic carbocycles. The number of rotatable bonds is 2. The van der Waals surface area contributed by atoms with E-state index in [4.69, 9.17) is 4.74 Å². The number of alkyl halides is 3. The summed E-state index contributed by atoms with van der Waals surface area (Å²) in [4.78, 5) is 0. The van der Waals surface area contributed by atoms with E-state index in [1.165, 1.54) is 12.8 Å². The Morgan fingerprint density at radius 2 is 1.22 bits per heavy atom. The molecule has 2 fully saturated rings. The summed E-state index contributed by atoms with van der Waals surface area (Å²) in [5.74, 6) is 5.74. The quantitative estimate of drug-likeness (QED) is 0.339. The van der Waals surface area contributed by atoms with Crippen LogP contribution in [0.15, 0.2) is 48.6 Å². The molecule has 0 aromatic heterocycles. The summed E-state index contributed by atoms with van der Waals surface area (Å²) in [6, 6.07) is 0. The molecule has 0 amide bonds. The maximum atomic E-state index is 9.60. The Bertz CT molecular complexity index is 643. The van der Waals surface area contributed by atoms with Crippen molar-refractivity contribution in [3.8, 4) is 0 Å². The fourth-order valence-corrected chi connectivity index (χ4v) is 6.56. The lowest BCUT2D eigenvalue weighted by Gasteiger charge is -2.25. The minimum absolute atomic E-state index is 0.153. The zero-order chi connectivity index (χ0) is 19.0. The lowest BCUT2D eigenvalue weighted by atomic mass is 9.84. The van der Waals surface area contributed by atoms with Gasteiger partial charge in [-0.1, -0.05) is 96.4 Å². The highest BCUT2D eigenvalue weighted by molar-refractivity contribution is 9.24. The molecule has 0 radical (unpaired) electrons. The highest BCUT2D eigenvalue weighted by atomic mass is 79.9. The molecule has 6 rings (SSSR count). The fourth-order valence-electron chi connectivity index (χ4n) is 6.26. The predicted octanol–water partition coefficient (Wildman–Crippen LogP) is 5.82. The van der Waals surface area contributed by atoms with Crippen LogP contribution < -0.4 is 0 Å². The SMILES string of the molecule is BrCBr.BrCO[C@@H]1C=CC2C3C=CC(C3)C21.O[C@@H]1C=CC2C3C=CC(C3)C21. The van der Waals surface area contributed by atoms with Crippen molar-refractivity contribution in [2.24, 2.45) is 47.3 Å². The Balaban J connectivity index is 0.000000118. The number of ether oxygens (including phenoxy) is 1. The van der Waals surface area contributed by atoms with Crippen LogP contribution in [0.5, 0.6) is 0 Å². The van der Waals surface area contributed by atoms with Crippen LogP contribution in [0.2, 0.25) is 0 Å². The van der Waals surface area contributed by atoms with Crippen molar-refractivity contribution in [2.75, 3.05) is 9.76 Å². The van der Waals surface area contributed by atoms with Gasteiger partial charge in [-0.2, -0.15) is 0 Å². The number of halogens is 3.